The number of amides is 1. The van der Waals surface area contributed by atoms with Crippen LogP contribution in [0.5, 0.6) is 11.5 Å². The molecule has 1 amide bonds. The Morgan fingerprint density at radius 3 is 2.59 bits per heavy atom. The number of carbonyl (C=O) groups excluding carboxylic acids is 1. The van der Waals surface area contributed by atoms with Gasteiger partial charge in [-0.1, -0.05) is 12.1 Å². The van der Waals surface area contributed by atoms with Gasteiger partial charge in [-0.2, -0.15) is 13.7 Å². The van der Waals surface area contributed by atoms with Crippen molar-refractivity contribution >= 4 is 21.8 Å². The molecule has 1 aliphatic heterocycles. The van der Waals surface area contributed by atoms with E-state index in [0.717, 1.165) is 0 Å². The fourth-order valence-electron chi connectivity index (χ4n) is 2.82. The number of hydrogen-bond donors (Lipinski definition) is 1. The molecule has 0 aliphatic carbocycles. The van der Waals surface area contributed by atoms with Gasteiger partial charge in [0.15, 0.2) is 17.3 Å². The number of ether oxygens (including phenoxy) is 2. The van der Waals surface area contributed by atoms with Gasteiger partial charge in [-0.15, -0.1) is 4.40 Å². The normalized spacial score (nSPS) is 13.6. The molecule has 150 valence electrons. The Morgan fingerprint density at radius 1 is 1.17 bits per heavy atom. The van der Waals surface area contributed by atoms with Crippen LogP contribution >= 0.6 is 0 Å². The van der Waals surface area contributed by atoms with Gasteiger partial charge in [-0.05, 0) is 30.3 Å². The maximum absolute atomic E-state index is 12.8. The van der Waals surface area contributed by atoms with Gasteiger partial charge in [0.1, 0.15) is 4.90 Å². The molecule has 0 saturated carbocycles. The Kier molecular flexibility index (Phi) is 5.70. The van der Waals surface area contributed by atoms with Crippen molar-refractivity contribution in [2.24, 2.45) is 4.40 Å². The van der Waals surface area contributed by atoms with Crippen molar-refractivity contribution in [2.45, 2.75) is 11.3 Å². The average molecular weight is 414 g/mol. The Labute approximate surface area is 168 Å². The number of carbonyl (C=O) groups is 1. The highest BCUT2D eigenvalue weighted by Gasteiger charge is 2.32. The summed E-state index contributed by atoms with van der Waals surface area (Å²) in [6, 6.07) is 12.9. The first-order chi connectivity index (χ1) is 13.9. The summed E-state index contributed by atoms with van der Waals surface area (Å²) in [6.45, 7) is 0.0538. The molecule has 1 heterocycles. The van der Waals surface area contributed by atoms with Crippen molar-refractivity contribution in [3.05, 3.63) is 53.6 Å². The zero-order valence-electron chi connectivity index (χ0n) is 15.7. The van der Waals surface area contributed by atoms with Crippen molar-refractivity contribution in [1.29, 1.82) is 5.26 Å². The first-order valence-corrected chi connectivity index (χ1v) is 9.97. The molecule has 0 unspecified atom stereocenters. The lowest BCUT2D eigenvalue weighted by atomic mass is 10.2. The molecule has 0 atom stereocenters. The SMILES string of the molecule is COc1ccc(C(=O)NN(CCC#N)C2=NS(=O)(=O)c3ccccc32)cc1OC. The van der Waals surface area contributed by atoms with E-state index in [9.17, 15) is 13.2 Å². The minimum atomic E-state index is -3.87. The molecule has 0 bridgehead atoms. The number of nitrogens with zero attached hydrogens (tertiary/aromatic N) is 3. The summed E-state index contributed by atoms with van der Waals surface area (Å²) in [5, 5.41) is 10.2. The predicted octanol–water partition coefficient (Wildman–Crippen LogP) is 1.71. The van der Waals surface area contributed by atoms with Gasteiger partial charge in [0, 0.05) is 11.1 Å². The van der Waals surface area contributed by atoms with Gasteiger partial charge < -0.3 is 9.47 Å². The van der Waals surface area contributed by atoms with Gasteiger partial charge in [0.2, 0.25) is 0 Å². The lowest BCUT2D eigenvalue weighted by molar-refractivity contribution is 0.0871. The van der Waals surface area contributed by atoms with Crippen molar-refractivity contribution in [2.75, 3.05) is 20.8 Å². The summed E-state index contributed by atoms with van der Waals surface area (Å²) in [4.78, 5) is 12.8. The fourth-order valence-corrected chi connectivity index (χ4v) is 4.04. The molecule has 9 nitrogen and oxygen atoms in total. The molecular weight excluding hydrogens is 396 g/mol. The number of rotatable bonds is 5. The maximum atomic E-state index is 12.8. The minimum absolute atomic E-state index is 0.0491. The van der Waals surface area contributed by atoms with E-state index in [1.807, 2.05) is 6.07 Å². The highest BCUT2D eigenvalue weighted by atomic mass is 32.2. The van der Waals surface area contributed by atoms with Crippen LogP contribution < -0.4 is 14.9 Å². The number of hydrazine groups is 1. The monoisotopic (exact) mass is 414 g/mol. The number of sulfonamides is 1. The Hall–Kier alpha value is -3.58. The van der Waals surface area contributed by atoms with Crippen molar-refractivity contribution < 1.29 is 22.7 Å². The van der Waals surface area contributed by atoms with E-state index in [2.05, 4.69) is 9.82 Å². The van der Waals surface area contributed by atoms with Crippen LogP contribution in [0, 0.1) is 11.3 Å². The largest absolute Gasteiger partial charge is 0.493 e. The lowest BCUT2D eigenvalue weighted by Gasteiger charge is -2.24. The first kappa shape index (κ1) is 20.2. The average Bonchev–Trinajstić information content (AvgIpc) is 3.01. The van der Waals surface area contributed by atoms with E-state index in [1.165, 1.54) is 31.4 Å². The number of nitrogens with one attached hydrogen (secondary N) is 1. The number of fused-ring (bicyclic) bond motifs is 1. The summed E-state index contributed by atoms with van der Waals surface area (Å²) in [7, 11) is -0.934. The van der Waals surface area contributed by atoms with Crippen molar-refractivity contribution in [3.8, 4) is 17.6 Å². The molecule has 0 radical (unpaired) electrons. The summed E-state index contributed by atoms with van der Waals surface area (Å²) in [5.74, 6) is 0.374. The third-order valence-corrected chi connectivity index (χ3v) is 5.52. The van der Waals surface area contributed by atoms with Gasteiger partial charge in [0.05, 0.1) is 33.3 Å². The smallest absolute Gasteiger partial charge is 0.285 e. The van der Waals surface area contributed by atoms with Crippen LogP contribution in [0.15, 0.2) is 51.8 Å². The number of amidine groups is 1. The third kappa shape index (κ3) is 4.00. The lowest BCUT2D eigenvalue weighted by Crippen LogP contribution is -2.46. The van der Waals surface area contributed by atoms with Crippen LogP contribution in [-0.4, -0.2) is 45.9 Å². The number of benzene rings is 2. The van der Waals surface area contributed by atoms with Crippen LogP contribution in [0.2, 0.25) is 0 Å². The maximum Gasteiger partial charge on any atom is 0.285 e. The van der Waals surface area contributed by atoms with Crippen LogP contribution in [0.25, 0.3) is 0 Å². The van der Waals surface area contributed by atoms with Crippen LogP contribution in [0.3, 0.4) is 0 Å². The van der Waals surface area contributed by atoms with Crippen LogP contribution in [-0.2, 0) is 10.0 Å². The van der Waals surface area contributed by atoms with Crippen molar-refractivity contribution in [3.63, 3.8) is 0 Å². The van der Waals surface area contributed by atoms with Crippen LogP contribution in [0.4, 0.5) is 0 Å². The van der Waals surface area contributed by atoms with Crippen LogP contribution in [0.1, 0.15) is 22.3 Å². The summed E-state index contributed by atoms with van der Waals surface area (Å²) in [5.41, 5.74) is 3.25. The van der Waals surface area contributed by atoms with Gasteiger partial charge in [0.25, 0.3) is 15.9 Å². The van der Waals surface area contributed by atoms with Gasteiger partial charge >= 0.3 is 0 Å². The molecule has 0 fully saturated rings. The van der Waals surface area contributed by atoms with E-state index in [-0.39, 0.29) is 29.3 Å². The Balaban J connectivity index is 1.93. The van der Waals surface area contributed by atoms with E-state index in [0.29, 0.717) is 17.1 Å². The zero-order chi connectivity index (χ0) is 21.0. The van der Waals surface area contributed by atoms with E-state index < -0.39 is 15.9 Å². The molecule has 2 aromatic carbocycles. The molecule has 1 aliphatic rings. The molecular formula is C19H18N4O5S. The zero-order valence-corrected chi connectivity index (χ0v) is 16.6. The second kappa shape index (κ2) is 8.20. The Bertz CT molecular complexity index is 1120. The van der Waals surface area contributed by atoms with Gasteiger partial charge in [-0.3, -0.25) is 15.2 Å². The summed E-state index contributed by atoms with van der Waals surface area (Å²) < 4.78 is 38.8. The van der Waals surface area contributed by atoms with E-state index in [1.54, 1.807) is 30.3 Å². The highest BCUT2D eigenvalue weighted by Crippen LogP contribution is 2.29. The molecule has 10 heteroatoms. The van der Waals surface area contributed by atoms with Gasteiger partial charge in [-0.25, -0.2) is 0 Å². The van der Waals surface area contributed by atoms with Crippen molar-refractivity contribution in [1.82, 2.24) is 10.4 Å². The topological polar surface area (TPSA) is 121 Å². The second-order valence-corrected chi connectivity index (χ2v) is 7.53. The molecule has 0 saturated heterocycles. The molecule has 29 heavy (non-hydrogen) atoms. The number of nitriles is 1. The quantitative estimate of drug-likeness (QED) is 0.739. The highest BCUT2D eigenvalue weighted by molar-refractivity contribution is 7.90. The first-order valence-electron chi connectivity index (χ1n) is 8.53. The summed E-state index contributed by atoms with van der Waals surface area (Å²) in [6.07, 6.45) is 0.0491. The standard InChI is InChI=1S/C19H18N4O5S/c1-27-15-9-8-13(12-16(15)28-2)19(24)21-23(11-5-10-20)18-14-6-3-4-7-17(14)29(25,26)22-18/h3-4,6-9,12H,5,11H2,1-2H3,(H,21,24). The molecule has 3 rings (SSSR count). The second-order valence-electron chi connectivity index (χ2n) is 5.96. The molecule has 0 spiro atoms. The number of hydrogen-bond acceptors (Lipinski definition) is 7. The third-order valence-electron chi connectivity index (χ3n) is 4.20. The fraction of sp³-hybridized carbons (Fsp3) is 0.211. The molecule has 0 aromatic heterocycles. The predicted molar refractivity (Wildman–Crippen MR) is 104 cm³/mol. The van der Waals surface area contributed by atoms with E-state index in [4.69, 9.17) is 14.7 Å². The molecule has 1 N–H and O–H groups in total. The minimum Gasteiger partial charge on any atom is -0.493 e. The number of methoxy groups -OCH3 is 2. The molecule has 2 aromatic rings. The summed E-state index contributed by atoms with van der Waals surface area (Å²) >= 11 is 0. The van der Waals surface area contributed by atoms with E-state index >= 15 is 0 Å². The Morgan fingerprint density at radius 2 is 1.90 bits per heavy atom.